The summed E-state index contributed by atoms with van der Waals surface area (Å²) in [6.45, 7) is 55.0. The number of aryl methyl sites for hydroxylation is 10. The molecule has 17 rings (SSSR count). The number of aromatic nitrogens is 11. The van der Waals surface area contributed by atoms with Crippen LogP contribution in [0.2, 0.25) is 0 Å². The van der Waals surface area contributed by atoms with Gasteiger partial charge in [0, 0.05) is 122 Å². The van der Waals surface area contributed by atoms with E-state index in [-0.39, 0.29) is 0 Å². The van der Waals surface area contributed by atoms with Crippen LogP contribution in [0.3, 0.4) is 0 Å². The van der Waals surface area contributed by atoms with Crippen LogP contribution in [0.5, 0.6) is 0 Å². The Morgan fingerprint density at radius 1 is 0.195 bits per heavy atom. The van der Waals surface area contributed by atoms with E-state index in [2.05, 4.69) is 340 Å². The highest BCUT2D eigenvalue weighted by Gasteiger charge is 1.99. The summed E-state index contributed by atoms with van der Waals surface area (Å²) in [5.41, 5.74) is 12.8. The van der Waals surface area contributed by atoms with Crippen molar-refractivity contribution in [3.8, 4) is 0 Å². The largest absolute Gasteiger partial charge is 0.264 e. The minimum Gasteiger partial charge on any atom is -0.264 e. The number of unbranched alkanes of at least 4 members (excludes halogenated alkanes) is 8. The average molecular weight is 1720 g/mol. The molecule has 682 valence electrons. The second kappa shape index (κ2) is 74.2. The van der Waals surface area contributed by atoms with Crippen molar-refractivity contribution in [1.82, 2.24) is 54.8 Å². The predicted molar refractivity (Wildman–Crippen MR) is 566 cm³/mol. The van der Waals surface area contributed by atoms with Gasteiger partial charge in [-0.05, 0) is 180 Å². The Balaban J connectivity index is 0.000000692. The van der Waals surface area contributed by atoms with E-state index < -0.39 is 0 Å². The normalized spacial score (nSPS) is 9.52. The monoisotopic (exact) mass is 1720 g/mol. The van der Waals surface area contributed by atoms with Crippen molar-refractivity contribution in [2.45, 2.75) is 283 Å². The molecular formula is C117H159N11. The number of benzene rings is 8. The molecule has 0 bridgehead atoms. The van der Waals surface area contributed by atoms with Crippen LogP contribution in [0.4, 0.5) is 0 Å². The van der Waals surface area contributed by atoms with Gasteiger partial charge in [0.15, 0.2) is 0 Å². The second-order valence-electron chi connectivity index (χ2n) is 31.0. The molecule has 0 unspecified atom stereocenters. The van der Waals surface area contributed by atoms with Gasteiger partial charge in [0.2, 0.25) is 0 Å². The number of hydrogen-bond donors (Lipinski definition) is 0. The summed E-state index contributed by atoms with van der Waals surface area (Å²) in [7, 11) is 0. The lowest BCUT2D eigenvalue weighted by molar-refractivity contribution is 0.886. The fourth-order valence-corrected chi connectivity index (χ4v) is 10.2. The molecule has 0 fully saturated rings. The Bertz CT molecular complexity index is 4840. The summed E-state index contributed by atoms with van der Waals surface area (Å²) in [4.78, 5) is 45.1. The van der Waals surface area contributed by atoms with E-state index in [9.17, 15) is 0 Å². The Labute approximate surface area is 774 Å². The lowest BCUT2D eigenvalue weighted by Crippen LogP contribution is -1.91. The number of para-hydroxylation sites is 1. The minimum absolute atomic E-state index is 0.775. The molecule has 0 saturated heterocycles. The van der Waals surface area contributed by atoms with Gasteiger partial charge in [0.05, 0.1) is 16.6 Å². The van der Waals surface area contributed by atoms with Crippen LogP contribution in [0.1, 0.15) is 270 Å². The zero-order valence-corrected chi connectivity index (χ0v) is 83.5. The molecule has 0 aliphatic carbocycles. The Morgan fingerprint density at radius 2 is 0.570 bits per heavy atom. The molecule has 11 nitrogen and oxygen atoms in total. The molecule has 0 aliphatic heterocycles. The zero-order chi connectivity index (χ0) is 94.8. The molecule has 17 aromatic rings. The molecule has 0 spiro atoms. The summed E-state index contributed by atoms with van der Waals surface area (Å²) in [5, 5.41) is 16.1. The first-order chi connectivity index (χ1) is 62.0. The third kappa shape index (κ3) is 51.6. The van der Waals surface area contributed by atoms with Gasteiger partial charge in [-0.15, -0.1) is 0 Å². The highest BCUT2D eigenvalue weighted by atomic mass is 15.0. The smallest absolute Gasteiger partial charge is 0.129 e. The number of rotatable bonds is 8. The molecule has 8 aromatic carbocycles. The molecule has 0 saturated carbocycles. The highest BCUT2D eigenvalue weighted by molar-refractivity contribution is 5.87. The van der Waals surface area contributed by atoms with E-state index in [0.717, 1.165) is 45.3 Å². The summed E-state index contributed by atoms with van der Waals surface area (Å²) >= 11 is 0. The molecule has 9 aromatic heterocycles. The standard InChI is InChI=1S/8C10H9N.C5H7N3.8C4H10/c1-8-2-3-10-7-11-5-4-9(10)6-8;1-8-2-3-9-4-5-11-7-10(9)6-8;1-8-4-5-10-9(7-8)3-2-6-11-10;1-8-4-5-9-3-2-6-11-10(9)7-8;1-8-6-11-7-9-4-2-3-5-10(8)9;1-8-6-9-4-2-3-5-10(9)7-11-8;1-8-10-5-3-2-4-9(10)6-7-11-8;1-8-6-7-9-4-2-3-5-10(9)11-8;1-4-6-3-7-5(2)8-4;8*1-3-4-2/h8*2-7H,1H3;3H,1-2H3;8*3-4H2,1-2H3. The van der Waals surface area contributed by atoms with Crippen molar-refractivity contribution in [3.05, 3.63) is 355 Å². The van der Waals surface area contributed by atoms with Crippen LogP contribution in [0.25, 0.3) is 86.6 Å². The Hall–Kier alpha value is -12.0. The number of hydrogen-bond acceptors (Lipinski definition) is 11. The molecule has 9 heterocycles. The van der Waals surface area contributed by atoms with Gasteiger partial charge in [0.25, 0.3) is 0 Å². The quantitative estimate of drug-likeness (QED) is 0.143. The molecule has 0 N–H and O–H groups in total. The molecule has 11 heteroatoms. The van der Waals surface area contributed by atoms with Crippen LogP contribution in [0, 0.1) is 69.2 Å². The van der Waals surface area contributed by atoms with Crippen LogP contribution < -0.4 is 0 Å². The van der Waals surface area contributed by atoms with Gasteiger partial charge in [-0.1, -0.05) is 388 Å². The van der Waals surface area contributed by atoms with Gasteiger partial charge in [-0.25, -0.2) is 15.0 Å². The van der Waals surface area contributed by atoms with E-state index in [1.807, 2.05) is 188 Å². The van der Waals surface area contributed by atoms with Gasteiger partial charge >= 0.3 is 0 Å². The van der Waals surface area contributed by atoms with Gasteiger partial charge in [-0.2, -0.15) is 0 Å². The van der Waals surface area contributed by atoms with Crippen molar-refractivity contribution in [2.24, 2.45) is 0 Å². The molecule has 0 atom stereocenters. The summed E-state index contributed by atoms with van der Waals surface area (Å²) < 4.78 is 0. The molecule has 0 amide bonds. The van der Waals surface area contributed by atoms with Crippen molar-refractivity contribution < 1.29 is 0 Å². The number of fused-ring (bicyclic) bond motifs is 8. The van der Waals surface area contributed by atoms with Crippen molar-refractivity contribution in [3.63, 3.8) is 0 Å². The maximum Gasteiger partial charge on any atom is 0.129 e. The van der Waals surface area contributed by atoms with Crippen molar-refractivity contribution in [1.29, 1.82) is 0 Å². The SMILES string of the molecule is CCCC.CCCC.CCCC.CCCC.CCCC.CCCC.CCCC.CCCC.Cc1cc2ccccc2cn1.Cc1ccc2ccccc2n1.Cc1ccc2cccnc2c1.Cc1ccc2ccncc2c1.Cc1ccc2cnccc2c1.Cc1ccc2ncccc2c1.Cc1cncc2ccccc12.Cc1nccc2ccccc12.Cc1ncnc(C)n1. The average Bonchev–Trinajstić information content (AvgIpc) is 0.839. The van der Waals surface area contributed by atoms with Crippen LogP contribution in [-0.4, -0.2) is 54.8 Å². The lowest BCUT2D eigenvalue weighted by Gasteiger charge is -1.98. The van der Waals surface area contributed by atoms with E-state index >= 15 is 0 Å². The Kier molecular flexibility index (Phi) is 66.1. The number of nitrogens with zero attached hydrogens (tertiary/aromatic N) is 11. The third-order valence-corrected chi connectivity index (χ3v) is 19.2. The van der Waals surface area contributed by atoms with E-state index in [1.165, 1.54) is 207 Å². The topological polar surface area (TPSA) is 142 Å². The first-order valence-electron chi connectivity index (χ1n) is 47.1. The maximum absolute atomic E-state index is 4.38. The van der Waals surface area contributed by atoms with Gasteiger partial charge in [-0.3, -0.25) is 39.9 Å². The summed E-state index contributed by atoms with van der Waals surface area (Å²) in [6.07, 6.45) is 41.2. The fraction of sp³-hybridized carbons (Fsp3) is 0.359. The van der Waals surface area contributed by atoms with Crippen molar-refractivity contribution in [2.75, 3.05) is 0 Å². The van der Waals surface area contributed by atoms with Crippen LogP contribution >= 0.6 is 0 Å². The van der Waals surface area contributed by atoms with Gasteiger partial charge < -0.3 is 0 Å². The maximum atomic E-state index is 4.38. The van der Waals surface area contributed by atoms with E-state index in [1.54, 1.807) is 0 Å². The third-order valence-electron chi connectivity index (χ3n) is 19.2. The van der Waals surface area contributed by atoms with E-state index in [4.69, 9.17) is 0 Å². The predicted octanol–water partition coefficient (Wildman–Crippen LogP) is 35.3. The molecular weight excluding hydrogens is 1560 g/mol. The number of pyridine rings is 8. The second-order valence-corrected chi connectivity index (χ2v) is 31.0. The fourth-order valence-electron chi connectivity index (χ4n) is 10.2. The minimum atomic E-state index is 0.775. The molecule has 128 heavy (non-hydrogen) atoms. The van der Waals surface area contributed by atoms with Gasteiger partial charge in [0.1, 0.15) is 18.0 Å². The summed E-state index contributed by atoms with van der Waals surface area (Å²) in [5.74, 6) is 1.55. The molecule has 0 radical (unpaired) electrons. The highest BCUT2D eigenvalue weighted by Crippen LogP contribution is 2.20. The Morgan fingerprint density at radius 3 is 1.09 bits per heavy atom. The van der Waals surface area contributed by atoms with Crippen LogP contribution in [0.15, 0.2) is 299 Å². The molecule has 0 aliphatic rings. The lowest BCUT2D eigenvalue weighted by atomic mass is 10.1. The van der Waals surface area contributed by atoms with Crippen molar-refractivity contribution >= 4 is 86.6 Å². The first kappa shape index (κ1) is 114. The van der Waals surface area contributed by atoms with E-state index in [0.29, 0.717) is 0 Å². The first-order valence-corrected chi connectivity index (χ1v) is 47.1. The summed E-state index contributed by atoms with van der Waals surface area (Å²) in [6, 6.07) is 78.6. The van der Waals surface area contributed by atoms with Crippen LogP contribution in [-0.2, 0) is 0 Å². The zero-order valence-electron chi connectivity index (χ0n) is 83.5.